The molecule has 0 fully saturated rings. The normalized spacial score (nSPS) is 24.8. The molecule has 1 aromatic carbocycles. The van der Waals surface area contributed by atoms with Crippen LogP contribution in [0.3, 0.4) is 0 Å². The molecule has 0 saturated carbocycles. The molecule has 1 aliphatic heterocycles. The van der Waals surface area contributed by atoms with Crippen molar-refractivity contribution in [3.8, 4) is 5.75 Å². The Hall–Kier alpha value is 0.266. The number of amidine groups is 1. The fourth-order valence-corrected chi connectivity index (χ4v) is 2.14. The van der Waals surface area contributed by atoms with Crippen molar-refractivity contribution < 1.29 is 4.74 Å². The zero-order valence-electron chi connectivity index (χ0n) is 11.8. The summed E-state index contributed by atoms with van der Waals surface area (Å²) in [6.45, 7) is 2.55. The quantitative estimate of drug-likeness (QED) is 0.561. The van der Waals surface area contributed by atoms with Gasteiger partial charge in [-0.15, -0.1) is 12.6 Å². The van der Waals surface area contributed by atoms with E-state index in [9.17, 15) is 0 Å². The van der Waals surface area contributed by atoms with Gasteiger partial charge in [0.05, 0.1) is 12.1 Å². The number of nitrogens with zero attached hydrogens (tertiary/aromatic N) is 2. The summed E-state index contributed by atoms with van der Waals surface area (Å²) in [4.78, 5) is 8.15. The summed E-state index contributed by atoms with van der Waals surface area (Å²) < 4.78 is 5.59. The van der Waals surface area contributed by atoms with Gasteiger partial charge in [0.25, 0.3) is 0 Å². The minimum atomic E-state index is -0.820. The Balaban J connectivity index is 0.00000200. The van der Waals surface area contributed by atoms with Crippen LogP contribution in [0.1, 0.15) is 12.5 Å². The van der Waals surface area contributed by atoms with Gasteiger partial charge in [0.15, 0.2) is 5.17 Å². The van der Waals surface area contributed by atoms with E-state index in [-0.39, 0.29) is 51.4 Å². The first-order valence-corrected chi connectivity index (χ1v) is 6.57. The molecule has 4 N–H and O–H groups in total. The van der Waals surface area contributed by atoms with Crippen molar-refractivity contribution in [1.29, 1.82) is 0 Å². The minimum Gasteiger partial charge on any atom is -0.494 e. The molecule has 7 heteroatoms. The molecule has 0 saturated heterocycles. The molecule has 1 aromatic rings. The predicted octanol–water partition coefficient (Wildman–Crippen LogP) is 0.600. The molecule has 2 unspecified atom stereocenters. The van der Waals surface area contributed by atoms with Crippen LogP contribution in [-0.2, 0) is 6.42 Å². The Bertz CT molecular complexity index is 523. The molecule has 103 valence electrons. The second-order valence-corrected chi connectivity index (χ2v) is 4.86. The van der Waals surface area contributed by atoms with Crippen LogP contribution in [0.2, 0.25) is 0 Å². The van der Waals surface area contributed by atoms with Crippen LogP contribution in [0.5, 0.6) is 5.75 Å². The Morgan fingerprint density at radius 1 is 1.40 bits per heavy atom. The Morgan fingerprint density at radius 2 is 2.10 bits per heavy atom. The van der Waals surface area contributed by atoms with Crippen LogP contribution in [0.15, 0.2) is 34.3 Å². The van der Waals surface area contributed by atoms with Gasteiger partial charge >= 0.3 is 0 Å². The molecule has 1 heterocycles. The van der Waals surface area contributed by atoms with Gasteiger partial charge in [-0.05, 0) is 18.6 Å². The maximum Gasteiger partial charge on any atom is 0.181 e. The summed E-state index contributed by atoms with van der Waals surface area (Å²) in [6, 6.07) is 7.76. The average Bonchev–Trinajstić information content (AvgIpc) is 2.38. The molecule has 5 nitrogen and oxygen atoms in total. The van der Waals surface area contributed by atoms with Crippen molar-refractivity contribution in [2.45, 2.75) is 25.0 Å². The molecule has 20 heavy (non-hydrogen) atoms. The largest absolute Gasteiger partial charge is 0.494 e. The van der Waals surface area contributed by atoms with E-state index in [0.29, 0.717) is 18.2 Å². The summed E-state index contributed by atoms with van der Waals surface area (Å²) in [6.07, 6.45) is 1.57. The number of aliphatic imine (C=N–C) groups is 2. The van der Waals surface area contributed by atoms with Crippen molar-refractivity contribution in [3.63, 3.8) is 0 Å². The standard InChI is InChI=1S/C13H18N4OS.K/c1-2-18-10-6-4-3-5-9(10)7-13(15)8-16-12(19)17-11(13)14;/h3-6,8,11H,2,7,14-15H2,1H3,(H,17,19);. The number of rotatable bonds is 4. The molecular formula is C13H18KN4OS. The van der Waals surface area contributed by atoms with Crippen molar-refractivity contribution in [2.24, 2.45) is 21.5 Å². The summed E-state index contributed by atoms with van der Waals surface area (Å²) in [5.41, 5.74) is 12.4. The summed E-state index contributed by atoms with van der Waals surface area (Å²) in [5.74, 6) is 0.816. The molecule has 0 aromatic heterocycles. The van der Waals surface area contributed by atoms with Crippen LogP contribution in [0.4, 0.5) is 0 Å². The molecule has 0 amide bonds. The second kappa shape index (κ2) is 8.05. The van der Waals surface area contributed by atoms with Crippen molar-refractivity contribution >= 4 is 75.4 Å². The minimum absolute atomic E-state index is 0. The first-order chi connectivity index (χ1) is 9.05. The number of para-hydroxylation sites is 1. The number of benzene rings is 1. The summed E-state index contributed by atoms with van der Waals surface area (Å²) in [5, 5.41) is 0.353. The monoisotopic (exact) mass is 317 g/mol. The molecule has 1 radical (unpaired) electrons. The van der Waals surface area contributed by atoms with E-state index in [1.54, 1.807) is 6.21 Å². The van der Waals surface area contributed by atoms with E-state index >= 15 is 0 Å². The molecule has 2 atom stereocenters. The van der Waals surface area contributed by atoms with Crippen molar-refractivity contribution in [1.82, 2.24) is 0 Å². The smallest absolute Gasteiger partial charge is 0.181 e. The first kappa shape index (κ1) is 18.3. The van der Waals surface area contributed by atoms with Crippen LogP contribution in [0.25, 0.3) is 0 Å². The molecule has 2 rings (SSSR count). The Kier molecular flexibility index (Phi) is 7.37. The second-order valence-electron chi connectivity index (χ2n) is 4.46. The number of hydrogen-bond donors (Lipinski definition) is 3. The van der Waals surface area contributed by atoms with E-state index in [1.165, 1.54) is 0 Å². The topological polar surface area (TPSA) is 86.0 Å². The number of thiol groups is 1. The summed E-state index contributed by atoms with van der Waals surface area (Å²) in [7, 11) is 0. The van der Waals surface area contributed by atoms with Crippen LogP contribution in [-0.4, -0.2) is 81.1 Å². The van der Waals surface area contributed by atoms with Crippen LogP contribution >= 0.6 is 12.6 Å². The maximum atomic E-state index is 6.29. The van der Waals surface area contributed by atoms with Gasteiger partial charge in [0.2, 0.25) is 0 Å². The number of hydrogen-bond acceptors (Lipinski definition) is 5. The van der Waals surface area contributed by atoms with Gasteiger partial charge in [-0.3, -0.25) is 0 Å². The third kappa shape index (κ3) is 4.38. The predicted molar refractivity (Wildman–Crippen MR) is 86.9 cm³/mol. The van der Waals surface area contributed by atoms with E-state index in [4.69, 9.17) is 16.2 Å². The Labute approximate surface area is 167 Å². The molecule has 0 aliphatic carbocycles. The Morgan fingerprint density at radius 3 is 2.75 bits per heavy atom. The van der Waals surface area contributed by atoms with Crippen molar-refractivity contribution in [3.05, 3.63) is 29.8 Å². The fourth-order valence-electron chi connectivity index (χ4n) is 1.96. The SMILES string of the molecule is CCOc1ccccc1CC1(N)C=NC(S)=NC1N.[K]. The summed E-state index contributed by atoms with van der Waals surface area (Å²) >= 11 is 4.07. The molecular weight excluding hydrogens is 299 g/mol. The van der Waals surface area contributed by atoms with Gasteiger partial charge in [-0.2, -0.15) is 0 Å². The van der Waals surface area contributed by atoms with E-state index in [0.717, 1.165) is 11.3 Å². The zero-order valence-corrected chi connectivity index (χ0v) is 15.8. The molecule has 1 aliphatic rings. The van der Waals surface area contributed by atoms with Crippen LogP contribution < -0.4 is 16.2 Å². The molecule has 0 bridgehead atoms. The van der Waals surface area contributed by atoms with Crippen molar-refractivity contribution in [2.75, 3.05) is 6.61 Å². The van der Waals surface area contributed by atoms with E-state index in [2.05, 4.69) is 22.6 Å². The van der Waals surface area contributed by atoms with Gasteiger partial charge in [0, 0.05) is 64.0 Å². The van der Waals surface area contributed by atoms with Gasteiger partial charge in [-0.25, -0.2) is 9.98 Å². The number of nitrogens with two attached hydrogens (primary N) is 2. The zero-order chi connectivity index (χ0) is 13.9. The van der Waals surface area contributed by atoms with E-state index < -0.39 is 11.7 Å². The third-order valence-corrected chi connectivity index (χ3v) is 3.23. The third-order valence-electron chi connectivity index (χ3n) is 2.99. The van der Waals surface area contributed by atoms with Crippen LogP contribution in [0, 0.1) is 0 Å². The fraction of sp³-hybridized carbons (Fsp3) is 0.385. The van der Waals surface area contributed by atoms with Gasteiger partial charge in [0.1, 0.15) is 11.9 Å². The number of ether oxygens (including phenoxy) is 1. The molecule has 0 spiro atoms. The van der Waals surface area contributed by atoms with E-state index in [1.807, 2.05) is 31.2 Å². The average molecular weight is 317 g/mol. The van der Waals surface area contributed by atoms with Gasteiger partial charge in [-0.1, -0.05) is 18.2 Å². The van der Waals surface area contributed by atoms with Gasteiger partial charge < -0.3 is 16.2 Å². The maximum absolute atomic E-state index is 6.29. The first-order valence-electron chi connectivity index (χ1n) is 6.12.